The van der Waals surface area contributed by atoms with Crippen LogP contribution in [0.15, 0.2) is 42.5 Å². The first kappa shape index (κ1) is 27.3. The summed E-state index contributed by atoms with van der Waals surface area (Å²) in [6.45, 7) is 7.90. The zero-order chi connectivity index (χ0) is 26.5. The molecule has 0 aromatic heterocycles. The zero-order valence-electron chi connectivity index (χ0n) is 21.5. The van der Waals surface area contributed by atoms with E-state index in [4.69, 9.17) is 9.47 Å². The van der Waals surface area contributed by atoms with Crippen LogP contribution in [0.1, 0.15) is 44.7 Å². The first-order valence-electron chi connectivity index (χ1n) is 12.0. The van der Waals surface area contributed by atoms with Crippen LogP contribution in [0, 0.1) is 6.92 Å². The molecule has 1 aliphatic heterocycles. The molecule has 196 valence electrons. The van der Waals surface area contributed by atoms with Gasteiger partial charge in [0.1, 0.15) is 6.04 Å². The van der Waals surface area contributed by atoms with Crippen molar-refractivity contribution < 1.29 is 27.5 Å². The Morgan fingerprint density at radius 3 is 2.33 bits per heavy atom. The number of hydrogen-bond acceptors (Lipinski definition) is 6. The molecule has 0 saturated carbocycles. The third kappa shape index (κ3) is 7.13. The molecule has 2 amide bonds. The summed E-state index contributed by atoms with van der Waals surface area (Å²) in [6.07, 6.45) is 1.49. The minimum Gasteiger partial charge on any atom is -0.454 e. The van der Waals surface area contributed by atoms with Crippen LogP contribution in [-0.2, 0) is 26.2 Å². The van der Waals surface area contributed by atoms with Gasteiger partial charge in [0, 0.05) is 31.6 Å². The monoisotopic (exact) mass is 517 g/mol. The molecular formula is C26H35N3O6S. The molecule has 9 nitrogen and oxygen atoms in total. The molecule has 0 bridgehead atoms. The number of fused-ring (bicyclic) bond motifs is 1. The van der Waals surface area contributed by atoms with Gasteiger partial charge in [-0.1, -0.05) is 29.8 Å². The average Bonchev–Trinajstić information content (AvgIpc) is 3.27. The Kier molecular flexibility index (Phi) is 8.84. The minimum atomic E-state index is -3.60. The van der Waals surface area contributed by atoms with Crippen LogP contribution in [0.3, 0.4) is 0 Å². The molecule has 1 heterocycles. The second-order valence-electron chi connectivity index (χ2n) is 9.32. The van der Waals surface area contributed by atoms with Crippen LogP contribution in [0.5, 0.6) is 11.5 Å². The van der Waals surface area contributed by atoms with Crippen LogP contribution in [0.4, 0.5) is 5.69 Å². The van der Waals surface area contributed by atoms with E-state index in [9.17, 15) is 18.0 Å². The number of amides is 2. The fourth-order valence-corrected chi connectivity index (χ4v) is 4.88. The normalized spacial score (nSPS) is 13.4. The second-order valence-corrected chi connectivity index (χ2v) is 11.2. The quantitative estimate of drug-likeness (QED) is 0.491. The Bertz CT molecular complexity index is 1180. The summed E-state index contributed by atoms with van der Waals surface area (Å²) in [5, 5.41) is 2.87. The van der Waals surface area contributed by atoms with Gasteiger partial charge in [0.2, 0.25) is 28.6 Å². The largest absolute Gasteiger partial charge is 0.454 e. The van der Waals surface area contributed by atoms with E-state index >= 15 is 0 Å². The molecule has 0 saturated heterocycles. The van der Waals surface area contributed by atoms with Gasteiger partial charge < -0.3 is 19.7 Å². The van der Waals surface area contributed by atoms with Crippen molar-refractivity contribution in [3.8, 4) is 11.5 Å². The van der Waals surface area contributed by atoms with Crippen LogP contribution < -0.4 is 19.1 Å². The number of rotatable bonds is 11. The molecule has 0 unspecified atom stereocenters. The molecule has 1 aliphatic rings. The summed E-state index contributed by atoms with van der Waals surface area (Å²) < 4.78 is 37.0. The number of benzene rings is 2. The Balaban J connectivity index is 1.72. The summed E-state index contributed by atoms with van der Waals surface area (Å²) in [5.41, 5.74) is 2.46. The number of hydrogen-bond donors (Lipinski definition) is 1. The van der Waals surface area contributed by atoms with Crippen LogP contribution in [0.25, 0.3) is 0 Å². The van der Waals surface area contributed by atoms with E-state index in [-0.39, 0.29) is 50.6 Å². The third-order valence-electron chi connectivity index (χ3n) is 5.87. The molecule has 10 heteroatoms. The number of nitrogens with zero attached hydrogens (tertiary/aromatic N) is 2. The lowest BCUT2D eigenvalue weighted by Crippen LogP contribution is -2.49. The Morgan fingerprint density at radius 1 is 1.03 bits per heavy atom. The van der Waals surface area contributed by atoms with E-state index in [0.717, 1.165) is 17.4 Å². The highest BCUT2D eigenvalue weighted by molar-refractivity contribution is 7.92. The van der Waals surface area contributed by atoms with Gasteiger partial charge in [0.25, 0.3) is 0 Å². The number of carbonyl (C=O) groups excluding carboxylic acids is 2. The predicted octanol–water partition coefficient (Wildman–Crippen LogP) is 3.21. The van der Waals surface area contributed by atoms with Crippen LogP contribution in [0.2, 0.25) is 0 Å². The summed E-state index contributed by atoms with van der Waals surface area (Å²) in [4.78, 5) is 27.6. The maximum atomic E-state index is 13.3. The number of aryl methyl sites for hydroxylation is 1. The number of sulfonamides is 1. The molecular weight excluding hydrogens is 482 g/mol. The fourth-order valence-electron chi connectivity index (χ4n) is 3.92. The van der Waals surface area contributed by atoms with E-state index in [1.807, 2.05) is 45.0 Å². The van der Waals surface area contributed by atoms with Gasteiger partial charge >= 0.3 is 0 Å². The van der Waals surface area contributed by atoms with Crippen molar-refractivity contribution in [2.24, 2.45) is 0 Å². The Morgan fingerprint density at radius 2 is 1.69 bits per heavy atom. The Hall–Kier alpha value is -3.27. The number of nitrogens with one attached hydrogen (secondary N) is 1. The van der Waals surface area contributed by atoms with Gasteiger partial charge in [-0.2, -0.15) is 0 Å². The van der Waals surface area contributed by atoms with Crippen molar-refractivity contribution in [2.45, 2.75) is 59.2 Å². The predicted molar refractivity (Wildman–Crippen MR) is 138 cm³/mol. The number of ether oxygens (including phenoxy) is 2. The molecule has 0 radical (unpaired) electrons. The number of anilines is 1. The molecule has 2 aromatic rings. The van der Waals surface area contributed by atoms with Crippen LogP contribution >= 0.6 is 0 Å². The zero-order valence-corrected chi connectivity index (χ0v) is 22.3. The molecule has 2 aromatic carbocycles. The molecule has 0 fully saturated rings. The Labute approximate surface area is 213 Å². The molecule has 1 atom stereocenters. The van der Waals surface area contributed by atoms with E-state index in [1.54, 1.807) is 30.0 Å². The molecule has 0 spiro atoms. The summed E-state index contributed by atoms with van der Waals surface area (Å²) in [6, 6.07) is 12.0. The van der Waals surface area contributed by atoms with Gasteiger partial charge in [-0.05, 0) is 51.8 Å². The van der Waals surface area contributed by atoms with Crippen molar-refractivity contribution >= 4 is 27.5 Å². The van der Waals surface area contributed by atoms with Crippen molar-refractivity contribution in [3.05, 3.63) is 53.6 Å². The average molecular weight is 518 g/mol. The molecule has 36 heavy (non-hydrogen) atoms. The highest BCUT2D eigenvalue weighted by Gasteiger charge is 2.27. The number of carbonyl (C=O) groups is 2. The van der Waals surface area contributed by atoms with Crippen LogP contribution in [-0.4, -0.2) is 56.8 Å². The summed E-state index contributed by atoms with van der Waals surface area (Å²) in [7, 11) is -3.60. The second kappa shape index (κ2) is 11.6. The van der Waals surface area contributed by atoms with E-state index < -0.39 is 16.1 Å². The van der Waals surface area contributed by atoms with E-state index in [2.05, 4.69) is 5.32 Å². The standard InChI is InChI=1S/C26H35N3O6S/c1-18(2)27-26(31)20(4)28(16-21-10-8-19(3)9-11-21)25(30)7-6-14-29(36(5,32)33)22-12-13-23-24(15-22)35-17-34-23/h8-13,15,18,20H,6-7,14,16-17H2,1-5H3,(H,27,31)/t20-/m1/s1. The van der Waals surface area contributed by atoms with Gasteiger partial charge in [-0.15, -0.1) is 0 Å². The summed E-state index contributed by atoms with van der Waals surface area (Å²) >= 11 is 0. The minimum absolute atomic E-state index is 0.0544. The first-order chi connectivity index (χ1) is 17.0. The van der Waals surface area contributed by atoms with Gasteiger partial charge in [-0.25, -0.2) is 8.42 Å². The van der Waals surface area contributed by atoms with Gasteiger partial charge in [0.05, 0.1) is 11.9 Å². The SMILES string of the molecule is Cc1ccc(CN(C(=O)CCCN(c2ccc3c(c2)OCO3)S(C)(=O)=O)[C@H](C)C(=O)NC(C)C)cc1. The first-order valence-corrected chi connectivity index (χ1v) is 13.8. The van der Waals surface area contributed by atoms with Crippen molar-refractivity contribution in [3.63, 3.8) is 0 Å². The highest BCUT2D eigenvalue weighted by Crippen LogP contribution is 2.36. The molecule has 0 aliphatic carbocycles. The highest BCUT2D eigenvalue weighted by atomic mass is 32.2. The third-order valence-corrected chi connectivity index (χ3v) is 7.06. The van der Waals surface area contributed by atoms with Gasteiger partial charge in [-0.3, -0.25) is 13.9 Å². The van der Waals surface area contributed by atoms with Crippen molar-refractivity contribution in [1.82, 2.24) is 10.2 Å². The fraction of sp³-hybridized carbons (Fsp3) is 0.462. The lowest BCUT2D eigenvalue weighted by molar-refractivity contribution is -0.140. The smallest absolute Gasteiger partial charge is 0.242 e. The lowest BCUT2D eigenvalue weighted by atomic mass is 10.1. The maximum Gasteiger partial charge on any atom is 0.242 e. The van der Waals surface area contributed by atoms with Crippen molar-refractivity contribution in [2.75, 3.05) is 23.9 Å². The lowest BCUT2D eigenvalue weighted by Gasteiger charge is -2.30. The van der Waals surface area contributed by atoms with E-state index in [1.165, 1.54) is 4.31 Å². The molecule has 1 N–H and O–H groups in total. The van der Waals surface area contributed by atoms with Crippen molar-refractivity contribution in [1.29, 1.82) is 0 Å². The summed E-state index contributed by atoms with van der Waals surface area (Å²) in [5.74, 6) is 0.582. The van der Waals surface area contributed by atoms with Gasteiger partial charge in [0.15, 0.2) is 11.5 Å². The molecule has 3 rings (SSSR count). The van der Waals surface area contributed by atoms with E-state index in [0.29, 0.717) is 17.2 Å². The maximum absolute atomic E-state index is 13.3. The topological polar surface area (TPSA) is 105 Å².